The molecule has 0 aromatic heterocycles. The van der Waals surface area contributed by atoms with Crippen LogP contribution in [0.1, 0.15) is 96.8 Å². The molecule has 3 aliphatic carbocycles. The molecule has 0 aromatic rings. The first-order valence-electron chi connectivity index (χ1n) is 11.5. The van der Waals surface area contributed by atoms with Crippen molar-refractivity contribution in [3.8, 4) is 0 Å². The lowest BCUT2D eigenvalue weighted by Crippen LogP contribution is -2.31. The van der Waals surface area contributed by atoms with Crippen molar-refractivity contribution in [2.24, 2.45) is 29.6 Å². The Hall–Kier alpha value is -0.300. The van der Waals surface area contributed by atoms with E-state index < -0.39 is 0 Å². The standard InChI is InChI=1S/C24H42O/c1-3-5-19-6-8-20(9-7-19)21-10-12-22(13-11-21)23-14-16-24(17-15-23)25-18-4-2/h4,19-24H,2-3,5-18H2,1H3. The molecule has 0 amide bonds. The van der Waals surface area contributed by atoms with Crippen LogP contribution in [0.25, 0.3) is 0 Å². The quantitative estimate of drug-likeness (QED) is 0.444. The third kappa shape index (κ3) is 5.59. The van der Waals surface area contributed by atoms with Crippen molar-refractivity contribution in [3.05, 3.63) is 12.7 Å². The van der Waals surface area contributed by atoms with Crippen LogP contribution in [0.2, 0.25) is 0 Å². The largest absolute Gasteiger partial charge is 0.374 e. The van der Waals surface area contributed by atoms with Crippen molar-refractivity contribution in [3.63, 3.8) is 0 Å². The zero-order valence-electron chi connectivity index (χ0n) is 16.8. The summed E-state index contributed by atoms with van der Waals surface area (Å²) < 4.78 is 5.87. The van der Waals surface area contributed by atoms with Gasteiger partial charge in [-0.15, -0.1) is 6.58 Å². The molecule has 144 valence electrons. The molecule has 0 aromatic carbocycles. The fraction of sp³-hybridized carbons (Fsp3) is 0.917. The van der Waals surface area contributed by atoms with Gasteiger partial charge in [0.1, 0.15) is 0 Å². The van der Waals surface area contributed by atoms with Crippen molar-refractivity contribution in [1.29, 1.82) is 0 Å². The van der Waals surface area contributed by atoms with Crippen LogP contribution >= 0.6 is 0 Å². The Labute approximate surface area is 157 Å². The zero-order chi connectivity index (χ0) is 17.5. The van der Waals surface area contributed by atoms with Crippen LogP contribution in [0, 0.1) is 29.6 Å². The van der Waals surface area contributed by atoms with E-state index in [0.29, 0.717) is 6.10 Å². The predicted molar refractivity (Wildman–Crippen MR) is 108 cm³/mol. The lowest BCUT2D eigenvalue weighted by Gasteiger charge is -2.41. The number of rotatable bonds is 7. The lowest BCUT2D eigenvalue weighted by atomic mass is 9.65. The molecule has 3 fully saturated rings. The fourth-order valence-electron chi connectivity index (χ4n) is 6.38. The molecule has 3 saturated carbocycles. The molecule has 0 heterocycles. The minimum Gasteiger partial charge on any atom is -0.374 e. The molecular formula is C24H42O. The van der Waals surface area contributed by atoms with E-state index in [2.05, 4.69) is 13.5 Å². The molecule has 25 heavy (non-hydrogen) atoms. The van der Waals surface area contributed by atoms with E-state index >= 15 is 0 Å². The summed E-state index contributed by atoms with van der Waals surface area (Å²) in [5.74, 6) is 5.26. The Bertz CT molecular complexity index is 366. The second-order valence-electron chi connectivity index (χ2n) is 9.40. The van der Waals surface area contributed by atoms with Crippen LogP contribution in [0.3, 0.4) is 0 Å². The summed E-state index contributed by atoms with van der Waals surface area (Å²) in [6.07, 6.45) is 23.0. The summed E-state index contributed by atoms with van der Waals surface area (Å²) in [7, 11) is 0. The maximum absolute atomic E-state index is 5.87. The zero-order valence-corrected chi connectivity index (χ0v) is 16.8. The highest BCUT2D eigenvalue weighted by Gasteiger charge is 2.34. The van der Waals surface area contributed by atoms with Gasteiger partial charge in [0.25, 0.3) is 0 Å². The van der Waals surface area contributed by atoms with Crippen LogP contribution in [0.5, 0.6) is 0 Å². The van der Waals surface area contributed by atoms with Crippen LogP contribution < -0.4 is 0 Å². The van der Waals surface area contributed by atoms with Crippen LogP contribution in [0.4, 0.5) is 0 Å². The average molecular weight is 347 g/mol. The molecule has 0 atom stereocenters. The van der Waals surface area contributed by atoms with Gasteiger partial charge in [-0.25, -0.2) is 0 Å². The van der Waals surface area contributed by atoms with Crippen LogP contribution in [0.15, 0.2) is 12.7 Å². The summed E-state index contributed by atoms with van der Waals surface area (Å²) >= 11 is 0. The molecule has 0 unspecified atom stereocenters. The van der Waals surface area contributed by atoms with Gasteiger partial charge in [0.2, 0.25) is 0 Å². The minimum atomic E-state index is 0.517. The van der Waals surface area contributed by atoms with Gasteiger partial charge in [0.05, 0.1) is 12.7 Å². The van der Waals surface area contributed by atoms with Crippen molar-refractivity contribution in [2.45, 2.75) is 103 Å². The highest BCUT2D eigenvalue weighted by molar-refractivity contribution is 4.86. The topological polar surface area (TPSA) is 9.23 Å². The smallest absolute Gasteiger partial charge is 0.0648 e. The van der Waals surface area contributed by atoms with Crippen molar-refractivity contribution < 1.29 is 4.74 Å². The molecule has 0 N–H and O–H groups in total. The van der Waals surface area contributed by atoms with E-state index in [-0.39, 0.29) is 0 Å². The number of ether oxygens (including phenoxy) is 1. The third-order valence-corrected chi connectivity index (χ3v) is 7.91. The van der Waals surface area contributed by atoms with E-state index in [4.69, 9.17) is 4.74 Å². The first kappa shape index (κ1) is 19.5. The van der Waals surface area contributed by atoms with Gasteiger partial charge in [0, 0.05) is 0 Å². The fourth-order valence-corrected chi connectivity index (χ4v) is 6.38. The second-order valence-corrected chi connectivity index (χ2v) is 9.40. The Balaban J connectivity index is 1.35. The molecule has 3 rings (SSSR count). The minimum absolute atomic E-state index is 0.517. The van der Waals surface area contributed by atoms with Gasteiger partial charge >= 0.3 is 0 Å². The molecule has 0 aliphatic heterocycles. The highest BCUT2D eigenvalue weighted by Crippen LogP contribution is 2.45. The summed E-state index contributed by atoms with van der Waals surface area (Å²) in [5.41, 5.74) is 0. The van der Waals surface area contributed by atoms with E-state index in [9.17, 15) is 0 Å². The van der Waals surface area contributed by atoms with Gasteiger partial charge < -0.3 is 4.74 Å². The van der Waals surface area contributed by atoms with E-state index in [1.165, 1.54) is 64.2 Å². The Kier molecular flexibility index (Phi) is 7.90. The van der Waals surface area contributed by atoms with Gasteiger partial charge in [-0.2, -0.15) is 0 Å². The Morgan fingerprint density at radius 2 is 1.16 bits per heavy atom. The normalized spacial score (nSPS) is 39.9. The van der Waals surface area contributed by atoms with Crippen molar-refractivity contribution in [2.75, 3.05) is 6.61 Å². The van der Waals surface area contributed by atoms with Crippen LogP contribution in [-0.2, 0) is 4.74 Å². The molecular weight excluding hydrogens is 304 g/mol. The first-order valence-corrected chi connectivity index (χ1v) is 11.5. The van der Waals surface area contributed by atoms with Crippen molar-refractivity contribution >= 4 is 0 Å². The van der Waals surface area contributed by atoms with Gasteiger partial charge in [-0.05, 0) is 93.8 Å². The number of hydrogen-bond donors (Lipinski definition) is 0. The molecule has 0 spiro atoms. The van der Waals surface area contributed by atoms with E-state index in [0.717, 1.165) is 36.2 Å². The first-order chi connectivity index (χ1) is 12.3. The molecule has 0 saturated heterocycles. The number of hydrogen-bond acceptors (Lipinski definition) is 1. The summed E-state index contributed by atoms with van der Waals surface area (Å²) in [4.78, 5) is 0. The molecule has 1 nitrogen and oxygen atoms in total. The maximum Gasteiger partial charge on any atom is 0.0648 e. The monoisotopic (exact) mass is 346 g/mol. The van der Waals surface area contributed by atoms with Gasteiger partial charge in [-0.1, -0.05) is 38.7 Å². The Morgan fingerprint density at radius 3 is 1.60 bits per heavy atom. The van der Waals surface area contributed by atoms with Gasteiger partial charge in [0.15, 0.2) is 0 Å². The predicted octanol–water partition coefficient (Wildman–Crippen LogP) is 7.16. The molecule has 0 radical (unpaired) electrons. The maximum atomic E-state index is 5.87. The molecule has 1 heteroatoms. The highest BCUT2D eigenvalue weighted by atomic mass is 16.5. The summed E-state index contributed by atoms with van der Waals surface area (Å²) in [6.45, 7) is 6.86. The average Bonchev–Trinajstić information content (AvgIpc) is 2.68. The molecule has 3 aliphatic rings. The second kappa shape index (κ2) is 10.1. The van der Waals surface area contributed by atoms with E-state index in [1.807, 2.05) is 6.08 Å². The SMILES string of the molecule is C=CCOC1CCC(C2CCC(C3CCC(CCC)CC3)CC2)CC1. The van der Waals surface area contributed by atoms with Crippen molar-refractivity contribution in [1.82, 2.24) is 0 Å². The van der Waals surface area contributed by atoms with Crippen LogP contribution in [-0.4, -0.2) is 12.7 Å². The lowest BCUT2D eigenvalue weighted by molar-refractivity contribution is 0.0188. The summed E-state index contributed by atoms with van der Waals surface area (Å²) in [6, 6.07) is 0. The molecule has 0 bridgehead atoms. The third-order valence-electron chi connectivity index (χ3n) is 7.91. The summed E-state index contributed by atoms with van der Waals surface area (Å²) in [5, 5.41) is 0. The van der Waals surface area contributed by atoms with E-state index in [1.54, 1.807) is 25.7 Å². The van der Waals surface area contributed by atoms with Gasteiger partial charge in [-0.3, -0.25) is 0 Å². The Morgan fingerprint density at radius 1 is 0.720 bits per heavy atom.